The molecule has 0 saturated heterocycles. The lowest BCUT2D eigenvalue weighted by Gasteiger charge is -2.40. The van der Waals surface area contributed by atoms with Crippen molar-refractivity contribution in [3.8, 4) is 0 Å². The summed E-state index contributed by atoms with van der Waals surface area (Å²) in [4.78, 5) is 11.5. The lowest BCUT2D eigenvalue weighted by molar-refractivity contribution is 0.0847. The number of hydrogen-bond acceptors (Lipinski definition) is 2. The Morgan fingerprint density at radius 1 is 0.538 bits per heavy atom. The van der Waals surface area contributed by atoms with Gasteiger partial charge in [0.1, 0.15) is 0 Å². The summed E-state index contributed by atoms with van der Waals surface area (Å²) in [6.07, 6.45) is 1.02. The van der Waals surface area contributed by atoms with Gasteiger partial charge in [-0.1, -0.05) is 94.7 Å². The lowest BCUT2D eigenvalue weighted by Crippen LogP contribution is -2.36. The van der Waals surface area contributed by atoms with Gasteiger partial charge in [-0.05, 0) is 59.2 Å². The van der Waals surface area contributed by atoms with Gasteiger partial charge in [0.2, 0.25) is 0 Å². The first-order valence-electron chi connectivity index (χ1n) is 11.2. The Morgan fingerprint density at radius 3 is 1.12 bits per heavy atom. The third-order valence-corrected chi connectivity index (χ3v) is 8.74. The van der Waals surface area contributed by atoms with Crippen LogP contribution in [0.15, 0.2) is 5.18 Å². The molecule has 0 fully saturated rings. The molecule has 0 aliphatic heterocycles. The Labute approximate surface area is 165 Å². The smallest absolute Gasteiger partial charge is 0.0973 e. The van der Waals surface area contributed by atoms with Gasteiger partial charge in [-0.2, -0.15) is 4.91 Å². The van der Waals surface area contributed by atoms with E-state index in [4.69, 9.17) is 0 Å². The molecule has 0 amide bonds. The second kappa shape index (κ2) is 11.4. The van der Waals surface area contributed by atoms with Crippen molar-refractivity contribution in [2.75, 3.05) is 0 Å². The van der Waals surface area contributed by atoms with Gasteiger partial charge < -0.3 is 0 Å². The minimum absolute atomic E-state index is 0.0581. The van der Waals surface area contributed by atoms with Crippen molar-refractivity contribution in [1.82, 2.24) is 0 Å². The molecule has 2 heteroatoms. The normalized spacial score (nSPS) is 24.0. The molecule has 0 spiro atoms. The van der Waals surface area contributed by atoms with Crippen LogP contribution in [0.3, 0.4) is 0 Å². The average molecular weight is 368 g/mol. The van der Waals surface area contributed by atoms with Crippen molar-refractivity contribution in [2.24, 2.45) is 64.4 Å². The summed E-state index contributed by atoms with van der Waals surface area (Å²) in [5.41, 5.74) is 0. The molecule has 0 aromatic carbocycles. The average Bonchev–Trinajstić information content (AvgIpc) is 2.63. The van der Waals surface area contributed by atoms with Crippen molar-refractivity contribution in [1.29, 1.82) is 0 Å². The molecule has 0 radical (unpaired) electrons. The van der Waals surface area contributed by atoms with Crippen LogP contribution in [0.1, 0.15) is 89.5 Å². The minimum atomic E-state index is -0.0581. The molecule has 156 valence electrons. The topological polar surface area (TPSA) is 29.4 Å². The maximum atomic E-state index is 11.5. The first kappa shape index (κ1) is 25.6. The summed E-state index contributed by atoms with van der Waals surface area (Å²) in [5, 5.41) is 3.52. The van der Waals surface area contributed by atoms with Crippen LogP contribution in [0.2, 0.25) is 0 Å². The molecule has 10 unspecified atom stereocenters. The van der Waals surface area contributed by atoms with Crippen LogP contribution >= 0.6 is 0 Å². The van der Waals surface area contributed by atoms with Crippen molar-refractivity contribution in [3.05, 3.63) is 4.91 Å². The van der Waals surface area contributed by atoms with E-state index >= 15 is 0 Å². The standard InChI is InChI=1S/C24H49NO/c1-13-15(4)24(25-26)23(12)22(11)21(10)20(9)19(8)18(7)17(6)16(5)14(2)3/h14-24H,13H2,1-12H3. The predicted octanol–water partition coefficient (Wildman–Crippen LogP) is 7.91. The maximum Gasteiger partial charge on any atom is 0.0973 e. The van der Waals surface area contributed by atoms with E-state index in [9.17, 15) is 4.91 Å². The van der Waals surface area contributed by atoms with Crippen LogP contribution in [-0.4, -0.2) is 6.04 Å². The summed E-state index contributed by atoms with van der Waals surface area (Å²) in [6.45, 7) is 28.1. The highest BCUT2D eigenvalue weighted by Crippen LogP contribution is 2.40. The van der Waals surface area contributed by atoms with Gasteiger partial charge in [-0.15, -0.1) is 0 Å². The van der Waals surface area contributed by atoms with E-state index in [1.54, 1.807) is 0 Å². The predicted molar refractivity (Wildman–Crippen MR) is 117 cm³/mol. The Kier molecular flexibility index (Phi) is 11.3. The third kappa shape index (κ3) is 6.34. The lowest BCUT2D eigenvalue weighted by atomic mass is 9.65. The zero-order valence-corrected chi connectivity index (χ0v) is 19.9. The molecule has 0 bridgehead atoms. The van der Waals surface area contributed by atoms with Crippen molar-refractivity contribution >= 4 is 0 Å². The van der Waals surface area contributed by atoms with E-state index in [0.29, 0.717) is 41.4 Å². The highest BCUT2D eigenvalue weighted by atomic mass is 16.3. The maximum absolute atomic E-state index is 11.5. The molecule has 0 aromatic heterocycles. The van der Waals surface area contributed by atoms with E-state index < -0.39 is 0 Å². The summed E-state index contributed by atoms with van der Waals surface area (Å²) in [5.74, 6) is 6.08. The SMILES string of the molecule is CCC(C)C(N=O)C(C)C(C)C(C)C(C)C(C)C(C)C(C)C(C)C(C)C. The van der Waals surface area contributed by atoms with Gasteiger partial charge in [0.05, 0.1) is 6.04 Å². The molecule has 2 nitrogen and oxygen atoms in total. The fourth-order valence-electron chi connectivity index (χ4n) is 4.75. The van der Waals surface area contributed by atoms with Gasteiger partial charge in [0.15, 0.2) is 0 Å². The van der Waals surface area contributed by atoms with Crippen LogP contribution in [0.4, 0.5) is 0 Å². The summed E-state index contributed by atoms with van der Waals surface area (Å²) >= 11 is 0. The van der Waals surface area contributed by atoms with Gasteiger partial charge in [-0.25, -0.2) is 0 Å². The van der Waals surface area contributed by atoms with E-state index in [1.165, 1.54) is 0 Å². The molecular formula is C24H49NO. The van der Waals surface area contributed by atoms with Crippen LogP contribution in [0, 0.1) is 64.1 Å². The summed E-state index contributed by atoms with van der Waals surface area (Å²) in [6, 6.07) is -0.0581. The number of rotatable bonds is 12. The van der Waals surface area contributed by atoms with Crippen molar-refractivity contribution in [2.45, 2.75) is 95.5 Å². The first-order valence-corrected chi connectivity index (χ1v) is 11.2. The quantitative estimate of drug-likeness (QED) is 0.322. The molecule has 0 aliphatic rings. The van der Waals surface area contributed by atoms with Crippen LogP contribution in [0.5, 0.6) is 0 Å². The Morgan fingerprint density at radius 2 is 0.846 bits per heavy atom. The number of nitrogens with zero attached hydrogens (tertiary/aromatic N) is 1. The zero-order valence-electron chi connectivity index (χ0n) is 19.9. The van der Waals surface area contributed by atoms with Gasteiger partial charge >= 0.3 is 0 Å². The highest BCUT2D eigenvalue weighted by molar-refractivity contribution is 4.86. The molecule has 0 saturated carbocycles. The minimum Gasteiger partial charge on any atom is -0.150 e. The zero-order chi connectivity index (χ0) is 20.8. The molecule has 0 rings (SSSR count). The second-order valence-corrected chi connectivity index (χ2v) is 10.1. The molecule has 26 heavy (non-hydrogen) atoms. The first-order chi connectivity index (χ1) is 11.9. The summed E-state index contributed by atoms with van der Waals surface area (Å²) < 4.78 is 0. The van der Waals surface area contributed by atoms with Crippen LogP contribution in [0.25, 0.3) is 0 Å². The highest BCUT2D eigenvalue weighted by Gasteiger charge is 2.36. The van der Waals surface area contributed by atoms with Gasteiger partial charge in [0, 0.05) is 0 Å². The Bertz CT molecular complexity index is 394. The van der Waals surface area contributed by atoms with Crippen LogP contribution < -0.4 is 0 Å². The molecule has 0 heterocycles. The number of nitroso groups, excluding NO2 is 1. The summed E-state index contributed by atoms with van der Waals surface area (Å²) in [7, 11) is 0. The third-order valence-electron chi connectivity index (χ3n) is 8.74. The fraction of sp³-hybridized carbons (Fsp3) is 1.00. The van der Waals surface area contributed by atoms with Crippen molar-refractivity contribution in [3.63, 3.8) is 0 Å². The Hall–Kier alpha value is -0.400. The van der Waals surface area contributed by atoms with Gasteiger partial charge in [-0.3, -0.25) is 0 Å². The molecule has 0 N–H and O–H groups in total. The fourth-order valence-corrected chi connectivity index (χ4v) is 4.75. The number of hydrogen-bond donors (Lipinski definition) is 0. The molecule has 10 atom stereocenters. The van der Waals surface area contributed by atoms with E-state index in [-0.39, 0.29) is 6.04 Å². The van der Waals surface area contributed by atoms with Crippen molar-refractivity contribution < 1.29 is 0 Å². The van der Waals surface area contributed by atoms with E-state index in [0.717, 1.165) is 24.2 Å². The van der Waals surface area contributed by atoms with Crippen LogP contribution in [-0.2, 0) is 0 Å². The monoisotopic (exact) mass is 367 g/mol. The molecule has 0 aliphatic carbocycles. The largest absolute Gasteiger partial charge is 0.150 e. The van der Waals surface area contributed by atoms with Gasteiger partial charge in [0.25, 0.3) is 0 Å². The molecular weight excluding hydrogens is 318 g/mol. The van der Waals surface area contributed by atoms with E-state index in [2.05, 4.69) is 88.3 Å². The Balaban J connectivity index is 5.11. The second-order valence-electron chi connectivity index (χ2n) is 10.1. The molecule has 0 aromatic rings. The van der Waals surface area contributed by atoms with E-state index in [1.807, 2.05) is 0 Å².